The predicted molar refractivity (Wildman–Crippen MR) is 101 cm³/mol. The molecule has 0 aliphatic rings. The van der Waals surface area contributed by atoms with E-state index in [4.69, 9.17) is 0 Å². The summed E-state index contributed by atoms with van der Waals surface area (Å²) in [6.07, 6.45) is -2.82. The summed E-state index contributed by atoms with van der Waals surface area (Å²) in [7, 11) is 0. The number of carbonyl (C=O) groups excluding carboxylic acids is 1. The fraction of sp³-hybridized carbons (Fsp3) is 0.333. The number of rotatable bonds is 6. The van der Waals surface area contributed by atoms with Crippen molar-refractivity contribution < 1.29 is 18.0 Å². The average molecular weight is 389 g/mol. The molecule has 4 nitrogen and oxygen atoms in total. The number of nitrogens with one attached hydrogen (secondary N) is 1. The third-order valence-electron chi connectivity index (χ3n) is 4.55. The van der Waals surface area contributed by atoms with E-state index in [0.29, 0.717) is 12.5 Å². The van der Waals surface area contributed by atoms with E-state index in [2.05, 4.69) is 24.1 Å². The van der Waals surface area contributed by atoms with Crippen LogP contribution in [0.1, 0.15) is 47.9 Å². The maximum Gasteiger partial charge on any atom is 0.434 e. The predicted octanol–water partition coefficient (Wildman–Crippen LogP) is 4.91. The minimum Gasteiger partial charge on any atom is -0.350 e. The lowest BCUT2D eigenvalue weighted by atomic mass is 9.90. The zero-order valence-electron chi connectivity index (χ0n) is 15.7. The van der Waals surface area contributed by atoms with Crippen molar-refractivity contribution >= 4 is 11.6 Å². The van der Waals surface area contributed by atoms with Gasteiger partial charge in [-0.2, -0.15) is 13.2 Å². The first-order valence-electron chi connectivity index (χ1n) is 9.14. The molecule has 1 aromatic carbocycles. The van der Waals surface area contributed by atoms with Crippen LogP contribution < -0.4 is 5.32 Å². The molecule has 1 atom stereocenters. The molecule has 0 bridgehead atoms. The quantitative estimate of drug-likeness (QED) is 0.651. The van der Waals surface area contributed by atoms with E-state index in [1.165, 1.54) is 22.6 Å². The Hall–Kier alpha value is -2.83. The van der Waals surface area contributed by atoms with E-state index in [0.717, 1.165) is 18.2 Å². The molecule has 148 valence electrons. The van der Waals surface area contributed by atoms with Crippen molar-refractivity contribution in [1.29, 1.82) is 0 Å². The number of benzene rings is 1. The van der Waals surface area contributed by atoms with E-state index >= 15 is 0 Å². The Morgan fingerprint density at radius 3 is 2.46 bits per heavy atom. The van der Waals surface area contributed by atoms with Gasteiger partial charge in [0.25, 0.3) is 5.91 Å². The number of imidazole rings is 1. The van der Waals surface area contributed by atoms with E-state index in [9.17, 15) is 18.0 Å². The van der Waals surface area contributed by atoms with Crippen LogP contribution in [-0.2, 0) is 6.18 Å². The Balaban J connectivity index is 1.81. The van der Waals surface area contributed by atoms with Crippen LogP contribution in [0.3, 0.4) is 0 Å². The Morgan fingerprint density at radius 1 is 1.11 bits per heavy atom. The molecule has 0 spiro atoms. The number of halogens is 3. The number of fused-ring (bicyclic) bond motifs is 1. The van der Waals surface area contributed by atoms with Gasteiger partial charge in [-0.3, -0.25) is 9.20 Å². The number of amides is 1. The van der Waals surface area contributed by atoms with E-state index in [-0.39, 0.29) is 17.3 Å². The van der Waals surface area contributed by atoms with Crippen molar-refractivity contribution in [1.82, 2.24) is 14.7 Å². The smallest absolute Gasteiger partial charge is 0.350 e. The van der Waals surface area contributed by atoms with Crippen molar-refractivity contribution in [2.75, 3.05) is 6.54 Å². The van der Waals surface area contributed by atoms with Gasteiger partial charge in [0.2, 0.25) is 0 Å². The molecule has 0 fully saturated rings. The fourth-order valence-corrected chi connectivity index (χ4v) is 3.27. The van der Waals surface area contributed by atoms with Crippen LogP contribution in [0.4, 0.5) is 13.2 Å². The van der Waals surface area contributed by atoms with Crippen LogP contribution in [-0.4, -0.2) is 21.8 Å². The van der Waals surface area contributed by atoms with Crippen molar-refractivity contribution in [3.05, 3.63) is 71.7 Å². The molecule has 0 saturated heterocycles. The minimum atomic E-state index is -4.56. The molecular formula is C21H22F3N3O. The van der Waals surface area contributed by atoms with Crippen molar-refractivity contribution in [2.24, 2.45) is 5.92 Å². The summed E-state index contributed by atoms with van der Waals surface area (Å²) in [5, 5.41) is 2.87. The SMILES string of the molecule is CC(C)CC(CNC(=O)c1cccc2nc(C(F)(F)F)cn12)c1ccccc1. The molecule has 1 unspecified atom stereocenters. The first kappa shape index (κ1) is 19.9. The summed E-state index contributed by atoms with van der Waals surface area (Å²) >= 11 is 0. The molecule has 0 aliphatic heterocycles. The second-order valence-electron chi connectivity index (χ2n) is 7.21. The van der Waals surface area contributed by atoms with Crippen LogP contribution in [0.15, 0.2) is 54.7 Å². The Labute approximate surface area is 161 Å². The molecule has 1 amide bonds. The zero-order valence-corrected chi connectivity index (χ0v) is 15.7. The molecule has 2 aromatic heterocycles. The summed E-state index contributed by atoms with van der Waals surface area (Å²) in [6.45, 7) is 4.63. The second kappa shape index (κ2) is 8.04. The normalized spacial score (nSPS) is 13.1. The van der Waals surface area contributed by atoms with Crippen molar-refractivity contribution in [2.45, 2.75) is 32.4 Å². The molecule has 3 rings (SSSR count). The minimum absolute atomic E-state index is 0.0850. The Morgan fingerprint density at radius 2 is 1.82 bits per heavy atom. The van der Waals surface area contributed by atoms with E-state index in [1.807, 2.05) is 30.3 Å². The highest BCUT2D eigenvalue weighted by molar-refractivity contribution is 5.93. The molecule has 28 heavy (non-hydrogen) atoms. The highest BCUT2D eigenvalue weighted by atomic mass is 19.4. The summed E-state index contributed by atoms with van der Waals surface area (Å²) in [5.41, 5.74) is 0.310. The summed E-state index contributed by atoms with van der Waals surface area (Å²) < 4.78 is 40.0. The number of hydrogen-bond donors (Lipinski definition) is 1. The van der Waals surface area contributed by atoms with Crippen LogP contribution >= 0.6 is 0 Å². The first-order chi connectivity index (χ1) is 13.3. The maximum absolute atomic E-state index is 12.9. The van der Waals surface area contributed by atoms with Crippen LogP contribution in [0.25, 0.3) is 5.65 Å². The van der Waals surface area contributed by atoms with Crippen LogP contribution in [0.2, 0.25) is 0 Å². The number of nitrogens with zero attached hydrogens (tertiary/aromatic N) is 2. The fourth-order valence-electron chi connectivity index (χ4n) is 3.27. The number of aromatic nitrogens is 2. The number of carbonyl (C=O) groups is 1. The van der Waals surface area contributed by atoms with Crippen LogP contribution in [0.5, 0.6) is 0 Å². The molecule has 7 heteroatoms. The maximum atomic E-state index is 12.9. The third-order valence-corrected chi connectivity index (χ3v) is 4.55. The van der Waals surface area contributed by atoms with Gasteiger partial charge in [0.05, 0.1) is 0 Å². The third kappa shape index (κ3) is 4.52. The second-order valence-corrected chi connectivity index (χ2v) is 7.21. The van der Waals surface area contributed by atoms with Gasteiger partial charge in [-0.25, -0.2) is 4.98 Å². The molecule has 3 aromatic rings. The van der Waals surface area contributed by atoms with Gasteiger partial charge in [-0.15, -0.1) is 0 Å². The first-order valence-corrected chi connectivity index (χ1v) is 9.14. The van der Waals surface area contributed by atoms with Gasteiger partial charge in [-0.1, -0.05) is 50.2 Å². The van der Waals surface area contributed by atoms with Gasteiger partial charge >= 0.3 is 6.18 Å². The molecule has 2 heterocycles. The van der Waals surface area contributed by atoms with E-state index in [1.54, 1.807) is 0 Å². The van der Waals surface area contributed by atoms with Gasteiger partial charge in [0.1, 0.15) is 11.3 Å². The monoisotopic (exact) mass is 389 g/mol. The lowest BCUT2D eigenvalue weighted by Gasteiger charge is -2.20. The Bertz CT molecular complexity index is 948. The topological polar surface area (TPSA) is 46.4 Å². The summed E-state index contributed by atoms with van der Waals surface area (Å²) in [4.78, 5) is 16.3. The number of hydrogen-bond acceptors (Lipinski definition) is 2. The molecule has 0 aliphatic carbocycles. The molecule has 0 saturated carbocycles. The summed E-state index contributed by atoms with van der Waals surface area (Å²) in [5.74, 6) is 0.132. The standard InChI is InChI=1S/C21H22F3N3O/c1-14(2)11-16(15-7-4-3-5-8-15)12-25-20(28)17-9-6-10-19-26-18(13-27(17)19)21(22,23)24/h3-10,13-14,16H,11-12H2,1-2H3,(H,25,28). The van der Waals surface area contributed by atoms with Crippen molar-refractivity contribution in [3.8, 4) is 0 Å². The number of pyridine rings is 1. The summed E-state index contributed by atoms with van der Waals surface area (Å²) in [6, 6.07) is 14.3. The van der Waals surface area contributed by atoms with E-state index < -0.39 is 17.8 Å². The van der Waals surface area contributed by atoms with Crippen molar-refractivity contribution in [3.63, 3.8) is 0 Å². The van der Waals surface area contributed by atoms with Gasteiger partial charge in [0, 0.05) is 18.7 Å². The lowest BCUT2D eigenvalue weighted by Crippen LogP contribution is -2.30. The zero-order chi connectivity index (χ0) is 20.3. The van der Waals surface area contributed by atoms with Crippen LogP contribution in [0, 0.1) is 5.92 Å². The highest BCUT2D eigenvalue weighted by Crippen LogP contribution is 2.29. The average Bonchev–Trinajstić information content (AvgIpc) is 3.10. The van der Waals surface area contributed by atoms with Gasteiger partial charge < -0.3 is 5.32 Å². The van der Waals surface area contributed by atoms with Gasteiger partial charge in [0.15, 0.2) is 5.69 Å². The molecular weight excluding hydrogens is 367 g/mol. The largest absolute Gasteiger partial charge is 0.434 e. The highest BCUT2D eigenvalue weighted by Gasteiger charge is 2.34. The molecule has 1 N–H and O–H groups in total. The lowest BCUT2D eigenvalue weighted by molar-refractivity contribution is -0.140. The molecule has 0 radical (unpaired) electrons. The van der Waals surface area contributed by atoms with Gasteiger partial charge in [-0.05, 0) is 30.0 Å². The Kier molecular flexibility index (Phi) is 5.72. The number of alkyl halides is 3.